The molecule has 0 spiro atoms. The molecule has 0 atom stereocenters. The zero-order chi connectivity index (χ0) is 11.6. The van der Waals surface area contributed by atoms with Gasteiger partial charge in [0.05, 0.1) is 6.61 Å². The molecule has 1 fully saturated rings. The van der Waals surface area contributed by atoms with E-state index in [1.807, 2.05) is 0 Å². The SMILES string of the molecule is OCC1(NCc2ccc(F)cc2F)CCC1. The zero-order valence-corrected chi connectivity index (χ0v) is 8.97. The number of rotatable bonds is 4. The summed E-state index contributed by atoms with van der Waals surface area (Å²) in [5.74, 6) is -1.11. The number of hydrogen-bond donors (Lipinski definition) is 2. The summed E-state index contributed by atoms with van der Waals surface area (Å²) < 4.78 is 26.0. The molecule has 0 amide bonds. The first-order valence-corrected chi connectivity index (χ1v) is 5.45. The van der Waals surface area contributed by atoms with Crippen molar-refractivity contribution in [2.75, 3.05) is 6.61 Å². The summed E-state index contributed by atoms with van der Waals surface area (Å²) in [6.45, 7) is 0.391. The molecule has 1 aliphatic carbocycles. The van der Waals surface area contributed by atoms with Gasteiger partial charge < -0.3 is 10.4 Å². The van der Waals surface area contributed by atoms with Gasteiger partial charge in [0.15, 0.2) is 0 Å². The van der Waals surface area contributed by atoms with Crippen LogP contribution in [0.1, 0.15) is 24.8 Å². The normalized spacial score (nSPS) is 18.2. The van der Waals surface area contributed by atoms with Gasteiger partial charge in [-0.2, -0.15) is 0 Å². The standard InChI is InChI=1S/C12H15F2NO/c13-10-3-2-9(11(14)6-10)7-15-12(8-16)4-1-5-12/h2-3,6,15-16H,1,4-5,7-8H2. The molecule has 1 aromatic rings. The molecule has 0 aliphatic heterocycles. The maximum Gasteiger partial charge on any atom is 0.130 e. The number of halogens is 2. The molecular formula is C12H15F2NO. The van der Waals surface area contributed by atoms with Crippen molar-refractivity contribution in [1.82, 2.24) is 5.32 Å². The predicted molar refractivity (Wildman–Crippen MR) is 56.9 cm³/mol. The third-order valence-corrected chi connectivity index (χ3v) is 3.28. The lowest BCUT2D eigenvalue weighted by Gasteiger charge is -2.41. The van der Waals surface area contributed by atoms with Crippen LogP contribution in [0.25, 0.3) is 0 Å². The van der Waals surface area contributed by atoms with Crippen LogP contribution in [0.2, 0.25) is 0 Å². The van der Waals surface area contributed by atoms with Crippen molar-refractivity contribution in [2.24, 2.45) is 0 Å². The van der Waals surface area contributed by atoms with Gasteiger partial charge in [0, 0.05) is 23.7 Å². The van der Waals surface area contributed by atoms with Gasteiger partial charge in [0.1, 0.15) is 11.6 Å². The average molecular weight is 227 g/mol. The van der Waals surface area contributed by atoms with E-state index >= 15 is 0 Å². The van der Waals surface area contributed by atoms with E-state index in [0.29, 0.717) is 12.1 Å². The summed E-state index contributed by atoms with van der Waals surface area (Å²) in [4.78, 5) is 0. The van der Waals surface area contributed by atoms with Gasteiger partial charge in [-0.25, -0.2) is 8.78 Å². The Morgan fingerprint density at radius 1 is 1.31 bits per heavy atom. The Morgan fingerprint density at radius 3 is 2.56 bits per heavy atom. The number of aliphatic hydroxyl groups excluding tert-OH is 1. The molecule has 0 aromatic heterocycles. The maximum atomic E-state index is 13.3. The molecule has 0 bridgehead atoms. The van der Waals surface area contributed by atoms with Crippen LogP contribution < -0.4 is 5.32 Å². The lowest BCUT2D eigenvalue weighted by molar-refractivity contribution is 0.0869. The molecule has 16 heavy (non-hydrogen) atoms. The molecule has 2 rings (SSSR count). The van der Waals surface area contributed by atoms with Crippen LogP contribution in [0, 0.1) is 11.6 Å². The highest BCUT2D eigenvalue weighted by molar-refractivity contribution is 5.19. The minimum atomic E-state index is -0.568. The minimum absolute atomic E-state index is 0.0653. The van der Waals surface area contributed by atoms with Crippen LogP contribution in [0.5, 0.6) is 0 Å². The van der Waals surface area contributed by atoms with E-state index in [1.165, 1.54) is 12.1 Å². The lowest BCUT2D eigenvalue weighted by atomic mass is 9.77. The summed E-state index contributed by atoms with van der Waals surface area (Å²) in [6.07, 6.45) is 2.90. The minimum Gasteiger partial charge on any atom is -0.394 e. The van der Waals surface area contributed by atoms with Crippen LogP contribution >= 0.6 is 0 Å². The monoisotopic (exact) mass is 227 g/mol. The molecule has 1 aliphatic rings. The van der Waals surface area contributed by atoms with Crippen molar-refractivity contribution in [2.45, 2.75) is 31.3 Å². The molecule has 88 valence electrons. The van der Waals surface area contributed by atoms with E-state index < -0.39 is 11.6 Å². The van der Waals surface area contributed by atoms with Crippen molar-refractivity contribution in [3.63, 3.8) is 0 Å². The maximum absolute atomic E-state index is 13.3. The van der Waals surface area contributed by atoms with E-state index in [-0.39, 0.29) is 12.1 Å². The fourth-order valence-electron chi connectivity index (χ4n) is 1.94. The number of aliphatic hydroxyl groups is 1. The Kier molecular flexibility index (Phi) is 3.21. The molecule has 0 saturated heterocycles. The van der Waals surface area contributed by atoms with Crippen LogP contribution in [-0.2, 0) is 6.54 Å². The van der Waals surface area contributed by atoms with E-state index in [2.05, 4.69) is 5.32 Å². The number of hydrogen-bond acceptors (Lipinski definition) is 2. The molecule has 0 radical (unpaired) electrons. The van der Waals surface area contributed by atoms with Crippen molar-refractivity contribution in [3.8, 4) is 0 Å². The number of benzene rings is 1. The van der Waals surface area contributed by atoms with Gasteiger partial charge in [0.2, 0.25) is 0 Å². The Labute approximate surface area is 93.3 Å². The highest BCUT2D eigenvalue weighted by atomic mass is 19.1. The quantitative estimate of drug-likeness (QED) is 0.824. The fraction of sp³-hybridized carbons (Fsp3) is 0.500. The first-order valence-electron chi connectivity index (χ1n) is 5.45. The largest absolute Gasteiger partial charge is 0.394 e. The molecule has 4 heteroatoms. The Morgan fingerprint density at radius 2 is 2.06 bits per heavy atom. The molecule has 2 nitrogen and oxygen atoms in total. The second kappa shape index (κ2) is 4.47. The molecule has 1 aromatic carbocycles. The van der Waals surface area contributed by atoms with Gasteiger partial charge >= 0.3 is 0 Å². The highest BCUT2D eigenvalue weighted by Gasteiger charge is 2.35. The van der Waals surface area contributed by atoms with Crippen LogP contribution in [-0.4, -0.2) is 17.3 Å². The van der Waals surface area contributed by atoms with Gasteiger partial charge in [-0.05, 0) is 25.3 Å². The molecular weight excluding hydrogens is 212 g/mol. The third-order valence-electron chi connectivity index (χ3n) is 3.28. The summed E-state index contributed by atoms with van der Waals surface area (Å²) in [5.41, 5.74) is 0.182. The summed E-state index contributed by atoms with van der Waals surface area (Å²) in [5, 5.41) is 12.4. The molecule has 0 unspecified atom stereocenters. The van der Waals surface area contributed by atoms with Gasteiger partial charge in [-0.1, -0.05) is 6.07 Å². The van der Waals surface area contributed by atoms with Crippen molar-refractivity contribution >= 4 is 0 Å². The predicted octanol–water partition coefficient (Wildman–Crippen LogP) is 1.97. The van der Waals surface area contributed by atoms with Gasteiger partial charge in [0.25, 0.3) is 0 Å². The first-order chi connectivity index (χ1) is 7.65. The third kappa shape index (κ3) is 2.23. The second-order valence-electron chi connectivity index (χ2n) is 4.38. The Bertz CT molecular complexity index is 372. The zero-order valence-electron chi connectivity index (χ0n) is 8.97. The van der Waals surface area contributed by atoms with E-state index in [9.17, 15) is 13.9 Å². The summed E-state index contributed by atoms with van der Waals surface area (Å²) in [6, 6.07) is 3.55. The molecule has 2 N–H and O–H groups in total. The smallest absolute Gasteiger partial charge is 0.130 e. The number of nitrogens with one attached hydrogen (secondary N) is 1. The highest BCUT2D eigenvalue weighted by Crippen LogP contribution is 2.31. The van der Waals surface area contributed by atoms with E-state index in [1.54, 1.807) is 0 Å². The lowest BCUT2D eigenvalue weighted by Crippen LogP contribution is -2.53. The van der Waals surface area contributed by atoms with Crippen LogP contribution in [0.15, 0.2) is 18.2 Å². The average Bonchev–Trinajstić information content (AvgIpc) is 2.19. The topological polar surface area (TPSA) is 32.3 Å². The summed E-state index contributed by atoms with van der Waals surface area (Å²) in [7, 11) is 0. The fourth-order valence-corrected chi connectivity index (χ4v) is 1.94. The molecule has 0 heterocycles. The van der Waals surface area contributed by atoms with Crippen LogP contribution in [0.4, 0.5) is 8.78 Å². The van der Waals surface area contributed by atoms with Crippen molar-refractivity contribution < 1.29 is 13.9 Å². The van der Waals surface area contributed by atoms with Gasteiger partial charge in [-0.15, -0.1) is 0 Å². The van der Waals surface area contributed by atoms with E-state index in [0.717, 1.165) is 25.3 Å². The first kappa shape index (κ1) is 11.5. The summed E-state index contributed by atoms with van der Waals surface area (Å²) >= 11 is 0. The second-order valence-corrected chi connectivity index (χ2v) is 4.38. The van der Waals surface area contributed by atoms with Crippen molar-refractivity contribution in [1.29, 1.82) is 0 Å². The van der Waals surface area contributed by atoms with Gasteiger partial charge in [-0.3, -0.25) is 0 Å². The Balaban J connectivity index is 1.99. The molecule has 1 saturated carbocycles. The Hall–Kier alpha value is -1.00. The van der Waals surface area contributed by atoms with E-state index in [4.69, 9.17) is 0 Å². The van der Waals surface area contributed by atoms with Crippen LogP contribution in [0.3, 0.4) is 0 Å². The van der Waals surface area contributed by atoms with Crippen molar-refractivity contribution in [3.05, 3.63) is 35.4 Å².